The third kappa shape index (κ3) is 2.73. The lowest BCUT2D eigenvalue weighted by Gasteiger charge is -2.09. The zero-order valence-corrected chi connectivity index (χ0v) is 9.32. The Labute approximate surface area is 93.9 Å². The summed E-state index contributed by atoms with van der Waals surface area (Å²) in [6.07, 6.45) is 0. The highest BCUT2D eigenvalue weighted by Gasteiger charge is 2.19. The highest BCUT2D eigenvalue weighted by atomic mass is 16.6. The third-order valence-corrected chi connectivity index (χ3v) is 1.98. The Balaban J connectivity index is 3.07. The molecule has 86 valence electrons. The van der Waals surface area contributed by atoms with Crippen molar-refractivity contribution in [2.45, 2.75) is 6.92 Å². The topological polar surface area (TPSA) is 64.4 Å². The molecule has 16 heavy (non-hydrogen) atoms. The Bertz CT molecular complexity index is 416. The van der Waals surface area contributed by atoms with Crippen LogP contribution in [0.4, 0.5) is 11.4 Å². The van der Waals surface area contributed by atoms with Gasteiger partial charge in [0, 0.05) is 6.54 Å². The summed E-state index contributed by atoms with van der Waals surface area (Å²) in [5.41, 5.74) is 1.29. The minimum atomic E-state index is -0.459. The fourth-order valence-corrected chi connectivity index (χ4v) is 1.26. The molecule has 1 aromatic rings. The molecule has 0 aliphatic carbocycles. The smallest absolute Gasteiger partial charge is 0.333 e. The molecule has 5 nitrogen and oxygen atoms in total. The standard InChI is InChI=1S/C11H14N2O3/c1-8(2)7-12-9-5-4-6-10(16-3)11(9)13(14)15/h4-6,12H,1,7H2,2-3H3. The van der Waals surface area contributed by atoms with E-state index in [1.807, 2.05) is 6.92 Å². The number of nitrogens with zero attached hydrogens (tertiary/aromatic N) is 1. The van der Waals surface area contributed by atoms with Gasteiger partial charge in [0.1, 0.15) is 5.69 Å². The Morgan fingerprint density at radius 3 is 2.81 bits per heavy atom. The first-order valence-corrected chi connectivity index (χ1v) is 4.76. The lowest BCUT2D eigenvalue weighted by molar-refractivity contribution is -0.384. The molecule has 1 aromatic carbocycles. The lowest BCUT2D eigenvalue weighted by Crippen LogP contribution is -2.05. The van der Waals surface area contributed by atoms with Gasteiger partial charge in [-0.05, 0) is 19.1 Å². The zero-order chi connectivity index (χ0) is 12.1. The van der Waals surface area contributed by atoms with Crippen molar-refractivity contribution < 1.29 is 9.66 Å². The van der Waals surface area contributed by atoms with E-state index < -0.39 is 4.92 Å². The Morgan fingerprint density at radius 1 is 1.62 bits per heavy atom. The van der Waals surface area contributed by atoms with Crippen LogP contribution in [0.3, 0.4) is 0 Å². The second-order valence-corrected chi connectivity index (χ2v) is 3.42. The summed E-state index contributed by atoms with van der Waals surface area (Å²) >= 11 is 0. The van der Waals surface area contributed by atoms with E-state index in [2.05, 4.69) is 11.9 Å². The minimum Gasteiger partial charge on any atom is -0.490 e. The van der Waals surface area contributed by atoms with Gasteiger partial charge in [-0.15, -0.1) is 0 Å². The molecule has 0 aromatic heterocycles. The molecule has 0 aliphatic rings. The molecule has 0 amide bonds. The number of rotatable bonds is 5. The van der Waals surface area contributed by atoms with Crippen LogP contribution < -0.4 is 10.1 Å². The predicted octanol–water partition coefficient (Wildman–Crippen LogP) is 2.59. The number of hydrogen-bond acceptors (Lipinski definition) is 4. The van der Waals surface area contributed by atoms with E-state index in [9.17, 15) is 10.1 Å². The highest BCUT2D eigenvalue weighted by Crippen LogP contribution is 2.34. The summed E-state index contributed by atoms with van der Waals surface area (Å²) < 4.78 is 4.95. The molecule has 0 unspecified atom stereocenters. The van der Waals surface area contributed by atoms with Gasteiger partial charge in [0.15, 0.2) is 5.75 Å². The monoisotopic (exact) mass is 222 g/mol. The average molecular weight is 222 g/mol. The van der Waals surface area contributed by atoms with Crippen molar-refractivity contribution in [2.75, 3.05) is 19.0 Å². The fraction of sp³-hybridized carbons (Fsp3) is 0.273. The fourth-order valence-electron chi connectivity index (χ4n) is 1.26. The van der Waals surface area contributed by atoms with E-state index in [1.54, 1.807) is 18.2 Å². The van der Waals surface area contributed by atoms with Crippen LogP contribution in [0.5, 0.6) is 5.75 Å². The molecule has 1 rings (SSSR count). The highest BCUT2D eigenvalue weighted by molar-refractivity contribution is 5.68. The van der Waals surface area contributed by atoms with Crippen LogP contribution in [0.1, 0.15) is 6.92 Å². The van der Waals surface area contributed by atoms with Crippen molar-refractivity contribution in [3.63, 3.8) is 0 Å². The first-order valence-electron chi connectivity index (χ1n) is 4.76. The van der Waals surface area contributed by atoms with Gasteiger partial charge >= 0.3 is 5.69 Å². The molecular formula is C11H14N2O3. The molecule has 0 saturated carbocycles. The van der Waals surface area contributed by atoms with Gasteiger partial charge in [-0.3, -0.25) is 10.1 Å². The van der Waals surface area contributed by atoms with Crippen LogP contribution in [0, 0.1) is 10.1 Å². The second-order valence-electron chi connectivity index (χ2n) is 3.42. The molecule has 0 radical (unpaired) electrons. The normalized spacial score (nSPS) is 9.62. The quantitative estimate of drug-likeness (QED) is 0.472. The summed E-state index contributed by atoms with van der Waals surface area (Å²) in [4.78, 5) is 10.5. The van der Waals surface area contributed by atoms with Gasteiger partial charge < -0.3 is 10.1 Å². The molecule has 0 bridgehead atoms. The van der Waals surface area contributed by atoms with Crippen molar-refractivity contribution in [1.29, 1.82) is 0 Å². The van der Waals surface area contributed by atoms with Gasteiger partial charge in [0.25, 0.3) is 0 Å². The largest absolute Gasteiger partial charge is 0.490 e. The zero-order valence-electron chi connectivity index (χ0n) is 9.32. The van der Waals surface area contributed by atoms with Crippen molar-refractivity contribution in [3.8, 4) is 5.75 Å². The van der Waals surface area contributed by atoms with Crippen LogP contribution >= 0.6 is 0 Å². The van der Waals surface area contributed by atoms with Gasteiger partial charge in [0.05, 0.1) is 12.0 Å². The summed E-state index contributed by atoms with van der Waals surface area (Å²) in [5, 5.41) is 13.9. The maximum atomic E-state index is 10.9. The Kier molecular flexibility index (Phi) is 3.88. The number of benzene rings is 1. The van der Waals surface area contributed by atoms with Crippen LogP contribution in [0.25, 0.3) is 0 Å². The Morgan fingerprint density at radius 2 is 2.31 bits per heavy atom. The third-order valence-electron chi connectivity index (χ3n) is 1.98. The molecule has 0 atom stereocenters. The summed E-state index contributed by atoms with van der Waals surface area (Å²) in [5.74, 6) is 0.247. The minimum absolute atomic E-state index is 0.0498. The average Bonchev–Trinajstić information content (AvgIpc) is 2.25. The van der Waals surface area contributed by atoms with Gasteiger partial charge in [-0.25, -0.2) is 0 Å². The van der Waals surface area contributed by atoms with Crippen molar-refractivity contribution in [2.24, 2.45) is 0 Å². The first kappa shape index (κ1) is 12.0. The molecule has 0 spiro atoms. The van der Waals surface area contributed by atoms with Gasteiger partial charge in [-0.2, -0.15) is 0 Å². The van der Waals surface area contributed by atoms with Crippen LogP contribution in [0.15, 0.2) is 30.4 Å². The number of ether oxygens (including phenoxy) is 1. The molecule has 0 heterocycles. The maximum Gasteiger partial charge on any atom is 0.333 e. The molecule has 0 aliphatic heterocycles. The summed E-state index contributed by atoms with van der Waals surface area (Å²) in [6, 6.07) is 4.90. The SMILES string of the molecule is C=C(C)CNc1cccc(OC)c1[N+](=O)[O-]. The van der Waals surface area contributed by atoms with E-state index in [0.29, 0.717) is 12.2 Å². The van der Waals surface area contributed by atoms with E-state index in [1.165, 1.54) is 7.11 Å². The molecule has 0 saturated heterocycles. The lowest BCUT2D eigenvalue weighted by atomic mass is 10.2. The number of anilines is 1. The number of nitrogens with one attached hydrogen (secondary N) is 1. The molecule has 0 fully saturated rings. The van der Waals surface area contributed by atoms with Crippen molar-refractivity contribution in [1.82, 2.24) is 0 Å². The number of nitro groups is 1. The number of hydrogen-bond donors (Lipinski definition) is 1. The molecule has 1 N–H and O–H groups in total. The molecular weight excluding hydrogens is 208 g/mol. The van der Waals surface area contributed by atoms with E-state index in [0.717, 1.165) is 5.57 Å². The van der Waals surface area contributed by atoms with Crippen molar-refractivity contribution >= 4 is 11.4 Å². The van der Waals surface area contributed by atoms with Crippen LogP contribution in [-0.4, -0.2) is 18.6 Å². The number of para-hydroxylation sites is 1. The molecule has 5 heteroatoms. The number of nitro benzene ring substituents is 1. The van der Waals surface area contributed by atoms with Crippen LogP contribution in [-0.2, 0) is 0 Å². The van der Waals surface area contributed by atoms with Gasteiger partial charge in [-0.1, -0.05) is 18.2 Å². The Hall–Kier alpha value is -2.04. The van der Waals surface area contributed by atoms with Crippen molar-refractivity contribution in [3.05, 3.63) is 40.5 Å². The van der Waals surface area contributed by atoms with Crippen LogP contribution in [0.2, 0.25) is 0 Å². The maximum absolute atomic E-state index is 10.9. The predicted molar refractivity (Wildman–Crippen MR) is 63.0 cm³/mol. The first-order chi connectivity index (χ1) is 7.56. The number of methoxy groups -OCH3 is 1. The summed E-state index contributed by atoms with van der Waals surface area (Å²) in [6.45, 7) is 6.06. The van der Waals surface area contributed by atoms with E-state index >= 15 is 0 Å². The van der Waals surface area contributed by atoms with E-state index in [-0.39, 0.29) is 11.4 Å². The van der Waals surface area contributed by atoms with Gasteiger partial charge in [0.2, 0.25) is 0 Å². The second kappa shape index (κ2) is 5.16. The summed E-state index contributed by atoms with van der Waals surface area (Å²) in [7, 11) is 1.41. The van der Waals surface area contributed by atoms with E-state index in [4.69, 9.17) is 4.74 Å².